The Morgan fingerprint density at radius 3 is 2.30 bits per heavy atom. The van der Waals surface area contributed by atoms with E-state index in [0.717, 1.165) is 12.4 Å². The average Bonchev–Trinajstić information content (AvgIpc) is 2.45. The number of hydrogen-bond donors (Lipinski definition) is 2. The van der Waals surface area contributed by atoms with Gasteiger partial charge in [0.05, 0.1) is 0 Å². The molecule has 0 unspecified atom stereocenters. The predicted octanol–water partition coefficient (Wildman–Crippen LogP) is 3.45. The van der Waals surface area contributed by atoms with Crippen LogP contribution >= 0.6 is 0 Å². The molecule has 0 atom stereocenters. The molecule has 1 aromatic carbocycles. The number of nitrogens with two attached hydrogens (primary N) is 1. The van der Waals surface area contributed by atoms with Gasteiger partial charge in [-0.1, -0.05) is 51.1 Å². The summed E-state index contributed by atoms with van der Waals surface area (Å²) in [4.78, 5) is 4.47. The van der Waals surface area contributed by atoms with E-state index in [1.54, 1.807) is 0 Å². The molecule has 0 saturated carbocycles. The largest absolute Gasteiger partial charge is 0.366 e. The molecule has 20 heavy (non-hydrogen) atoms. The third-order valence-corrected chi connectivity index (χ3v) is 3.43. The highest BCUT2D eigenvalue weighted by atomic mass is 15.0. The molecule has 106 valence electrons. The van der Waals surface area contributed by atoms with Gasteiger partial charge in [-0.3, -0.25) is 0 Å². The highest BCUT2D eigenvalue weighted by Gasteiger charge is 2.13. The molecule has 0 bridgehead atoms. The van der Waals surface area contributed by atoms with E-state index in [-0.39, 0.29) is 5.41 Å². The van der Waals surface area contributed by atoms with Crippen molar-refractivity contribution in [1.29, 1.82) is 0 Å². The lowest BCUT2D eigenvalue weighted by Crippen LogP contribution is -2.12. The van der Waals surface area contributed by atoms with E-state index in [1.165, 1.54) is 16.7 Å². The first-order valence-corrected chi connectivity index (χ1v) is 6.98. The summed E-state index contributed by atoms with van der Waals surface area (Å²) < 4.78 is 0. The first-order chi connectivity index (χ1) is 9.50. The smallest absolute Gasteiger partial charge is 0.126 e. The van der Waals surface area contributed by atoms with Crippen molar-refractivity contribution in [2.75, 3.05) is 5.32 Å². The molecule has 0 amide bonds. The van der Waals surface area contributed by atoms with E-state index in [1.807, 2.05) is 24.4 Å². The van der Waals surface area contributed by atoms with Crippen LogP contribution in [0.1, 0.15) is 37.5 Å². The van der Waals surface area contributed by atoms with E-state index in [9.17, 15) is 0 Å². The number of hydrogen-bond acceptors (Lipinski definition) is 3. The molecule has 0 aliphatic heterocycles. The molecule has 0 spiro atoms. The minimum absolute atomic E-state index is 0.137. The SMILES string of the molecule is CC(C)(C)c1ccc(NCc2ccccc2CN)nc1. The number of nitrogens with zero attached hydrogens (tertiary/aromatic N) is 1. The Morgan fingerprint density at radius 2 is 1.75 bits per heavy atom. The van der Waals surface area contributed by atoms with Crippen LogP contribution in [0.25, 0.3) is 0 Å². The first-order valence-electron chi connectivity index (χ1n) is 6.98. The molecule has 3 N–H and O–H groups in total. The van der Waals surface area contributed by atoms with Crippen molar-refractivity contribution >= 4 is 5.82 Å². The second kappa shape index (κ2) is 6.06. The van der Waals surface area contributed by atoms with Gasteiger partial charge in [0, 0.05) is 19.3 Å². The van der Waals surface area contributed by atoms with Gasteiger partial charge in [-0.25, -0.2) is 4.98 Å². The molecule has 2 aromatic rings. The molecule has 0 aliphatic carbocycles. The molecule has 1 heterocycles. The lowest BCUT2D eigenvalue weighted by Gasteiger charge is -2.18. The predicted molar refractivity (Wildman–Crippen MR) is 84.6 cm³/mol. The van der Waals surface area contributed by atoms with Gasteiger partial charge < -0.3 is 11.1 Å². The van der Waals surface area contributed by atoms with Gasteiger partial charge in [0.2, 0.25) is 0 Å². The van der Waals surface area contributed by atoms with Crippen LogP contribution in [0.15, 0.2) is 42.6 Å². The number of aromatic nitrogens is 1. The standard InChI is InChI=1S/C17H23N3/c1-17(2,3)15-8-9-16(20-12-15)19-11-14-7-5-4-6-13(14)10-18/h4-9,12H,10-11,18H2,1-3H3,(H,19,20). The Hall–Kier alpha value is -1.87. The summed E-state index contributed by atoms with van der Waals surface area (Å²) in [5.74, 6) is 0.893. The van der Waals surface area contributed by atoms with Crippen molar-refractivity contribution in [1.82, 2.24) is 4.98 Å². The number of rotatable bonds is 4. The van der Waals surface area contributed by atoms with Gasteiger partial charge in [0.1, 0.15) is 5.82 Å². The lowest BCUT2D eigenvalue weighted by atomic mass is 9.88. The molecule has 0 radical (unpaired) electrons. The molecule has 0 aliphatic rings. The monoisotopic (exact) mass is 269 g/mol. The number of anilines is 1. The number of nitrogens with one attached hydrogen (secondary N) is 1. The normalized spacial score (nSPS) is 11.4. The summed E-state index contributed by atoms with van der Waals surface area (Å²) in [6.45, 7) is 7.88. The Bertz CT molecular complexity index is 553. The van der Waals surface area contributed by atoms with Crippen LogP contribution in [0.3, 0.4) is 0 Å². The Balaban J connectivity index is 2.04. The molecule has 0 saturated heterocycles. The van der Waals surface area contributed by atoms with E-state index in [4.69, 9.17) is 5.73 Å². The fraction of sp³-hybridized carbons (Fsp3) is 0.353. The average molecular weight is 269 g/mol. The third-order valence-electron chi connectivity index (χ3n) is 3.43. The fourth-order valence-electron chi connectivity index (χ4n) is 2.06. The maximum Gasteiger partial charge on any atom is 0.126 e. The van der Waals surface area contributed by atoms with Gasteiger partial charge >= 0.3 is 0 Å². The van der Waals surface area contributed by atoms with Crippen molar-refractivity contribution in [3.63, 3.8) is 0 Å². The van der Waals surface area contributed by atoms with Gasteiger partial charge in [-0.15, -0.1) is 0 Å². The minimum atomic E-state index is 0.137. The van der Waals surface area contributed by atoms with Gasteiger partial charge in [0.25, 0.3) is 0 Å². The van der Waals surface area contributed by atoms with Crippen molar-refractivity contribution < 1.29 is 0 Å². The highest BCUT2D eigenvalue weighted by Crippen LogP contribution is 2.22. The molecular formula is C17H23N3. The molecule has 1 aromatic heterocycles. The molecule has 2 rings (SSSR count). The van der Waals surface area contributed by atoms with Crippen molar-refractivity contribution in [2.24, 2.45) is 5.73 Å². The van der Waals surface area contributed by atoms with Crippen LogP contribution in [-0.4, -0.2) is 4.98 Å². The van der Waals surface area contributed by atoms with Gasteiger partial charge in [0.15, 0.2) is 0 Å². The van der Waals surface area contributed by atoms with Crippen molar-refractivity contribution in [3.8, 4) is 0 Å². The summed E-state index contributed by atoms with van der Waals surface area (Å²) in [6, 6.07) is 12.4. The zero-order valence-electron chi connectivity index (χ0n) is 12.5. The maximum absolute atomic E-state index is 5.74. The van der Waals surface area contributed by atoms with Crippen LogP contribution in [0.4, 0.5) is 5.82 Å². The Kier molecular flexibility index (Phi) is 4.40. The zero-order valence-corrected chi connectivity index (χ0v) is 12.5. The van der Waals surface area contributed by atoms with E-state index in [2.05, 4.69) is 49.3 Å². The quantitative estimate of drug-likeness (QED) is 0.893. The third kappa shape index (κ3) is 3.58. The van der Waals surface area contributed by atoms with Gasteiger partial charge in [-0.05, 0) is 28.2 Å². The molecular weight excluding hydrogens is 246 g/mol. The summed E-state index contributed by atoms with van der Waals surface area (Å²) >= 11 is 0. The van der Waals surface area contributed by atoms with Crippen molar-refractivity contribution in [3.05, 3.63) is 59.3 Å². The van der Waals surface area contributed by atoms with Crippen LogP contribution < -0.4 is 11.1 Å². The summed E-state index contributed by atoms with van der Waals surface area (Å²) in [5, 5.41) is 3.35. The molecule has 0 fully saturated rings. The number of benzene rings is 1. The maximum atomic E-state index is 5.74. The molecule has 3 nitrogen and oxygen atoms in total. The zero-order chi connectivity index (χ0) is 14.6. The summed E-state index contributed by atoms with van der Waals surface area (Å²) in [6.07, 6.45) is 1.94. The topological polar surface area (TPSA) is 50.9 Å². The van der Waals surface area contributed by atoms with E-state index < -0.39 is 0 Å². The highest BCUT2D eigenvalue weighted by molar-refractivity contribution is 5.39. The minimum Gasteiger partial charge on any atom is -0.366 e. The first kappa shape index (κ1) is 14.5. The van der Waals surface area contributed by atoms with Gasteiger partial charge in [-0.2, -0.15) is 0 Å². The Morgan fingerprint density at radius 1 is 1.05 bits per heavy atom. The van der Waals surface area contributed by atoms with Crippen LogP contribution in [-0.2, 0) is 18.5 Å². The van der Waals surface area contributed by atoms with E-state index >= 15 is 0 Å². The van der Waals surface area contributed by atoms with E-state index in [0.29, 0.717) is 6.54 Å². The van der Waals surface area contributed by atoms with Crippen molar-refractivity contribution in [2.45, 2.75) is 39.3 Å². The fourth-order valence-corrected chi connectivity index (χ4v) is 2.06. The number of pyridine rings is 1. The van der Waals surface area contributed by atoms with Crippen LogP contribution in [0.5, 0.6) is 0 Å². The summed E-state index contributed by atoms with van der Waals surface area (Å²) in [7, 11) is 0. The second-order valence-electron chi connectivity index (χ2n) is 6.01. The summed E-state index contributed by atoms with van der Waals surface area (Å²) in [5.41, 5.74) is 9.51. The van der Waals surface area contributed by atoms with Crippen LogP contribution in [0.2, 0.25) is 0 Å². The Labute approximate surface area is 121 Å². The lowest BCUT2D eigenvalue weighted by molar-refractivity contribution is 0.587. The molecule has 3 heteroatoms. The second-order valence-corrected chi connectivity index (χ2v) is 6.01. The van der Waals surface area contributed by atoms with Crippen LogP contribution in [0, 0.1) is 0 Å².